The van der Waals surface area contributed by atoms with Crippen LogP contribution in [0.1, 0.15) is 24.8 Å². The molecule has 0 radical (unpaired) electrons. The Morgan fingerprint density at radius 2 is 2.04 bits per heavy atom. The topological polar surface area (TPSA) is 53.1 Å². The van der Waals surface area contributed by atoms with E-state index < -0.39 is 0 Å². The van der Waals surface area contributed by atoms with E-state index >= 15 is 0 Å². The second-order valence-electron chi connectivity index (χ2n) is 7.00. The minimum absolute atomic E-state index is 0.0737. The van der Waals surface area contributed by atoms with Crippen molar-refractivity contribution in [3.8, 4) is 5.75 Å². The molecule has 1 fully saturated rings. The molecule has 1 aromatic carbocycles. The average molecular weight is 345 g/mol. The molecule has 6 nitrogen and oxygen atoms in total. The molecule has 0 N–H and O–H groups in total. The Kier molecular flexibility index (Phi) is 5.27. The number of amides is 2. The first-order valence-electron chi connectivity index (χ1n) is 8.93. The Labute approximate surface area is 149 Å². The molecule has 0 bridgehead atoms. The molecule has 0 aromatic heterocycles. The van der Waals surface area contributed by atoms with Crippen LogP contribution in [0.15, 0.2) is 18.2 Å². The highest BCUT2D eigenvalue weighted by atomic mass is 16.5. The van der Waals surface area contributed by atoms with Gasteiger partial charge in [0.25, 0.3) is 0 Å². The summed E-state index contributed by atoms with van der Waals surface area (Å²) >= 11 is 0. The molecule has 3 rings (SSSR count). The number of likely N-dealkylation sites (N-methyl/N-ethyl adjacent to an activating group) is 1. The normalized spacial score (nSPS) is 20.3. The number of aryl methyl sites for hydroxylation is 1. The van der Waals surface area contributed by atoms with E-state index in [9.17, 15) is 9.59 Å². The van der Waals surface area contributed by atoms with Gasteiger partial charge in [-0.15, -0.1) is 0 Å². The molecule has 2 aliphatic heterocycles. The summed E-state index contributed by atoms with van der Waals surface area (Å²) in [5, 5.41) is 0. The van der Waals surface area contributed by atoms with E-state index in [0.29, 0.717) is 6.54 Å². The highest BCUT2D eigenvalue weighted by Gasteiger charge is 2.34. The van der Waals surface area contributed by atoms with Crippen molar-refractivity contribution in [2.24, 2.45) is 0 Å². The molecule has 2 heterocycles. The Bertz CT molecular complexity index is 659. The predicted octanol–water partition coefficient (Wildman–Crippen LogP) is 1.53. The van der Waals surface area contributed by atoms with Crippen molar-refractivity contribution in [1.82, 2.24) is 9.80 Å². The van der Waals surface area contributed by atoms with Gasteiger partial charge in [-0.1, -0.05) is 0 Å². The van der Waals surface area contributed by atoms with Crippen LogP contribution in [-0.4, -0.2) is 68.5 Å². The summed E-state index contributed by atoms with van der Waals surface area (Å²) in [4.78, 5) is 30.8. The van der Waals surface area contributed by atoms with E-state index in [-0.39, 0.29) is 17.9 Å². The molecule has 25 heavy (non-hydrogen) atoms. The number of carbonyl (C=O) groups excluding carboxylic acids is 2. The molecule has 1 saturated heterocycles. The fourth-order valence-corrected chi connectivity index (χ4v) is 3.81. The van der Waals surface area contributed by atoms with E-state index in [1.165, 1.54) is 0 Å². The summed E-state index contributed by atoms with van der Waals surface area (Å²) in [6, 6.07) is 5.72. The summed E-state index contributed by atoms with van der Waals surface area (Å²) in [6.45, 7) is 1.84. The summed E-state index contributed by atoms with van der Waals surface area (Å²) < 4.78 is 5.29. The van der Waals surface area contributed by atoms with Gasteiger partial charge in [-0.3, -0.25) is 14.5 Å². The van der Waals surface area contributed by atoms with Crippen LogP contribution in [0, 0.1) is 0 Å². The number of nitrogens with zero attached hydrogens (tertiary/aromatic N) is 3. The summed E-state index contributed by atoms with van der Waals surface area (Å²) in [6.07, 6.45) is 3.71. The highest BCUT2D eigenvalue weighted by molar-refractivity contribution is 5.96. The summed E-state index contributed by atoms with van der Waals surface area (Å²) in [5.74, 6) is 0.989. The molecule has 6 heteroatoms. The van der Waals surface area contributed by atoms with Gasteiger partial charge < -0.3 is 14.5 Å². The SMILES string of the molecule is COc1ccc2c(c1)CCCN2C(=O)CN1CCCC1C(=O)N(C)C. The van der Waals surface area contributed by atoms with Gasteiger partial charge in [-0.2, -0.15) is 0 Å². The summed E-state index contributed by atoms with van der Waals surface area (Å²) in [7, 11) is 5.20. The quantitative estimate of drug-likeness (QED) is 0.830. The van der Waals surface area contributed by atoms with Crippen LogP contribution in [0.5, 0.6) is 5.75 Å². The second-order valence-corrected chi connectivity index (χ2v) is 7.00. The number of hydrogen-bond acceptors (Lipinski definition) is 4. The van der Waals surface area contributed by atoms with Gasteiger partial charge in [-0.05, 0) is 56.0 Å². The number of carbonyl (C=O) groups is 2. The molecule has 136 valence electrons. The number of benzene rings is 1. The van der Waals surface area contributed by atoms with Gasteiger partial charge in [0.05, 0.1) is 19.7 Å². The number of anilines is 1. The first-order chi connectivity index (χ1) is 12.0. The Balaban J connectivity index is 1.73. The second kappa shape index (κ2) is 7.44. The van der Waals surface area contributed by atoms with Crippen molar-refractivity contribution in [3.05, 3.63) is 23.8 Å². The van der Waals surface area contributed by atoms with E-state index in [1.807, 2.05) is 28.0 Å². The zero-order valence-electron chi connectivity index (χ0n) is 15.3. The van der Waals surface area contributed by atoms with Gasteiger partial charge in [0, 0.05) is 26.3 Å². The lowest BCUT2D eigenvalue weighted by Crippen LogP contribution is -2.48. The fraction of sp³-hybridized carbons (Fsp3) is 0.579. The number of likely N-dealkylation sites (tertiary alicyclic amines) is 1. The van der Waals surface area contributed by atoms with Crippen molar-refractivity contribution < 1.29 is 14.3 Å². The molecule has 1 aromatic rings. The molecule has 2 amide bonds. The molecule has 1 atom stereocenters. The maximum absolute atomic E-state index is 12.9. The van der Waals surface area contributed by atoms with Crippen LogP contribution in [0.3, 0.4) is 0 Å². The third-order valence-corrected chi connectivity index (χ3v) is 5.13. The van der Waals surface area contributed by atoms with Crippen LogP contribution in [-0.2, 0) is 16.0 Å². The number of hydrogen-bond donors (Lipinski definition) is 0. The molecule has 0 spiro atoms. The van der Waals surface area contributed by atoms with Gasteiger partial charge >= 0.3 is 0 Å². The number of methoxy groups -OCH3 is 1. The van der Waals surface area contributed by atoms with Crippen molar-refractivity contribution >= 4 is 17.5 Å². The first kappa shape index (κ1) is 17.7. The molecule has 0 saturated carbocycles. The zero-order valence-corrected chi connectivity index (χ0v) is 15.3. The van der Waals surface area contributed by atoms with E-state index in [2.05, 4.69) is 0 Å². The van der Waals surface area contributed by atoms with Crippen LogP contribution in [0.4, 0.5) is 5.69 Å². The molecule has 1 unspecified atom stereocenters. The predicted molar refractivity (Wildman–Crippen MR) is 97.0 cm³/mol. The van der Waals surface area contributed by atoms with Gasteiger partial charge in [0.1, 0.15) is 5.75 Å². The van der Waals surface area contributed by atoms with Crippen molar-refractivity contribution in [3.63, 3.8) is 0 Å². The number of ether oxygens (including phenoxy) is 1. The van der Waals surface area contributed by atoms with Crippen LogP contribution >= 0.6 is 0 Å². The Morgan fingerprint density at radius 3 is 2.76 bits per heavy atom. The number of rotatable bonds is 4. The third-order valence-electron chi connectivity index (χ3n) is 5.13. The average Bonchev–Trinajstić information content (AvgIpc) is 3.07. The van der Waals surface area contributed by atoms with Gasteiger partial charge in [0.2, 0.25) is 11.8 Å². The minimum atomic E-state index is -0.168. The third kappa shape index (κ3) is 3.63. The van der Waals surface area contributed by atoms with Crippen molar-refractivity contribution in [2.75, 3.05) is 45.7 Å². The minimum Gasteiger partial charge on any atom is -0.497 e. The van der Waals surface area contributed by atoms with Gasteiger partial charge in [0.15, 0.2) is 0 Å². The lowest BCUT2D eigenvalue weighted by molar-refractivity contribution is -0.134. The maximum atomic E-state index is 12.9. The Hall–Kier alpha value is -2.08. The number of fused-ring (bicyclic) bond motifs is 1. The standard InChI is InChI=1S/C19H27N3O3/c1-20(2)19(24)17-7-5-10-21(17)13-18(23)22-11-4-6-14-12-15(25-3)8-9-16(14)22/h8-9,12,17H,4-7,10-11,13H2,1-3H3. The highest BCUT2D eigenvalue weighted by Crippen LogP contribution is 2.31. The monoisotopic (exact) mass is 345 g/mol. The maximum Gasteiger partial charge on any atom is 0.241 e. The smallest absolute Gasteiger partial charge is 0.241 e. The lowest BCUT2D eigenvalue weighted by Gasteiger charge is -2.32. The van der Waals surface area contributed by atoms with Gasteiger partial charge in [-0.25, -0.2) is 0 Å². The largest absolute Gasteiger partial charge is 0.497 e. The van der Waals surface area contributed by atoms with Crippen LogP contribution in [0.2, 0.25) is 0 Å². The molecular formula is C19H27N3O3. The molecule has 0 aliphatic carbocycles. The zero-order chi connectivity index (χ0) is 18.0. The van der Waals surface area contributed by atoms with E-state index in [1.54, 1.807) is 26.1 Å². The molecule has 2 aliphatic rings. The first-order valence-corrected chi connectivity index (χ1v) is 8.93. The van der Waals surface area contributed by atoms with Crippen LogP contribution in [0.25, 0.3) is 0 Å². The van der Waals surface area contributed by atoms with E-state index in [0.717, 1.165) is 55.8 Å². The van der Waals surface area contributed by atoms with E-state index in [4.69, 9.17) is 4.74 Å². The lowest BCUT2D eigenvalue weighted by atomic mass is 10.0. The van der Waals surface area contributed by atoms with Crippen LogP contribution < -0.4 is 9.64 Å². The fourth-order valence-electron chi connectivity index (χ4n) is 3.81. The van der Waals surface area contributed by atoms with Crippen molar-refractivity contribution in [1.29, 1.82) is 0 Å². The molecular weight excluding hydrogens is 318 g/mol. The summed E-state index contributed by atoms with van der Waals surface area (Å²) in [5.41, 5.74) is 2.13. The Morgan fingerprint density at radius 1 is 1.24 bits per heavy atom. The van der Waals surface area contributed by atoms with Crippen molar-refractivity contribution in [2.45, 2.75) is 31.7 Å².